The lowest BCUT2D eigenvalue weighted by molar-refractivity contribution is 0.252. The number of benzene rings is 2. The minimum atomic E-state index is -2.87. The van der Waals surface area contributed by atoms with E-state index < -0.39 is 7.67 Å². The second-order valence-corrected chi connectivity index (χ2v) is 13.7. The minimum Gasteiger partial charge on any atom is -0.301 e. The van der Waals surface area contributed by atoms with Crippen molar-refractivity contribution >= 4 is 19.3 Å². The summed E-state index contributed by atoms with van der Waals surface area (Å²) in [5.74, 6) is 0. The summed E-state index contributed by atoms with van der Waals surface area (Å²) in [6.45, 7) is 13.6. The summed E-state index contributed by atoms with van der Waals surface area (Å²) in [4.78, 5) is 0. The molecule has 1 fully saturated rings. The number of nitrogens with zero attached hydrogens (tertiary/aromatic N) is 2. The highest BCUT2D eigenvalue weighted by Gasteiger charge is 2.40. The summed E-state index contributed by atoms with van der Waals surface area (Å²) < 4.78 is 22.6. The summed E-state index contributed by atoms with van der Waals surface area (Å²) in [7, 11) is 0.862. The van der Waals surface area contributed by atoms with Gasteiger partial charge in [-0.2, -0.15) is 0 Å². The molecule has 0 spiro atoms. The first kappa shape index (κ1) is 24.4. The van der Waals surface area contributed by atoms with Crippen LogP contribution in [-0.2, 0) is 26.5 Å². The van der Waals surface area contributed by atoms with Crippen molar-refractivity contribution in [1.82, 2.24) is 9.34 Å². The Morgan fingerprint density at radius 1 is 0.939 bits per heavy atom. The Morgan fingerprint density at radius 2 is 1.52 bits per heavy atom. The summed E-state index contributed by atoms with van der Waals surface area (Å²) in [5, 5.41) is 0. The molecule has 4 nitrogen and oxygen atoms in total. The van der Waals surface area contributed by atoms with E-state index in [1.165, 1.54) is 35.1 Å². The van der Waals surface area contributed by atoms with Crippen LogP contribution in [0.3, 0.4) is 0 Å². The third kappa shape index (κ3) is 4.77. The molecule has 2 aliphatic rings. The van der Waals surface area contributed by atoms with Crippen LogP contribution in [0.5, 0.6) is 0 Å². The number of likely N-dealkylation sites (N-methyl/N-ethyl adjacent to an activating group) is 2. The lowest BCUT2D eigenvalue weighted by Gasteiger charge is -2.42. The van der Waals surface area contributed by atoms with Gasteiger partial charge in [-0.1, -0.05) is 76.2 Å². The molecule has 33 heavy (non-hydrogen) atoms. The molecule has 0 unspecified atom stereocenters. The van der Waals surface area contributed by atoms with E-state index in [0.29, 0.717) is 6.61 Å². The number of allylic oxidation sites excluding steroid dienone is 1. The third-order valence-electron chi connectivity index (χ3n) is 7.68. The van der Waals surface area contributed by atoms with Gasteiger partial charge in [0, 0.05) is 13.1 Å². The normalized spacial score (nSPS) is 22.3. The molecule has 1 aliphatic heterocycles. The highest BCUT2D eigenvalue weighted by Crippen LogP contribution is 2.56. The lowest BCUT2D eigenvalue weighted by Crippen LogP contribution is -2.33. The van der Waals surface area contributed by atoms with Crippen molar-refractivity contribution in [2.24, 2.45) is 0 Å². The average Bonchev–Trinajstić information content (AvgIpc) is 3.04. The molecular formula is C28H39N2O2P. The molecule has 1 heterocycles. The number of fused-ring (bicyclic) bond motifs is 1. The van der Waals surface area contributed by atoms with Crippen LogP contribution in [0.2, 0.25) is 0 Å². The largest absolute Gasteiger partial charge is 0.345 e. The van der Waals surface area contributed by atoms with Gasteiger partial charge in [0.15, 0.2) is 0 Å². The Kier molecular flexibility index (Phi) is 6.52. The van der Waals surface area contributed by atoms with E-state index in [1.807, 2.05) is 23.4 Å². The van der Waals surface area contributed by atoms with Crippen molar-refractivity contribution in [3.05, 3.63) is 70.3 Å². The van der Waals surface area contributed by atoms with E-state index in [2.05, 4.69) is 83.2 Å². The van der Waals surface area contributed by atoms with Gasteiger partial charge >= 0.3 is 7.67 Å². The monoisotopic (exact) mass is 466 g/mol. The van der Waals surface area contributed by atoms with Crippen molar-refractivity contribution in [3.8, 4) is 0 Å². The first-order valence-electron chi connectivity index (χ1n) is 12.0. The molecular weight excluding hydrogens is 427 g/mol. The standard InChI is InChI=1S/C28H39N2O2P/c1-21(24-12-13-25-26(19-24)28(4,5)15-14-27(25,2)3)18-22-8-10-23(11-9-22)20-32-33(31)29(6)16-17-30(33)7/h8-13,18-19H,14-17,20H2,1-7H3. The molecule has 178 valence electrons. The number of hydrogen-bond donors (Lipinski definition) is 0. The Balaban J connectivity index is 1.50. The van der Waals surface area contributed by atoms with Gasteiger partial charge in [-0.05, 0) is 78.1 Å². The number of hydrogen-bond acceptors (Lipinski definition) is 2. The van der Waals surface area contributed by atoms with Gasteiger partial charge in [0.25, 0.3) is 0 Å². The molecule has 0 saturated carbocycles. The van der Waals surface area contributed by atoms with Gasteiger partial charge in [0.2, 0.25) is 0 Å². The van der Waals surface area contributed by atoms with Crippen molar-refractivity contribution in [2.45, 2.75) is 64.9 Å². The molecule has 5 heteroatoms. The average molecular weight is 467 g/mol. The highest BCUT2D eigenvalue weighted by atomic mass is 31.2. The van der Waals surface area contributed by atoms with Crippen LogP contribution < -0.4 is 0 Å². The zero-order valence-corrected chi connectivity index (χ0v) is 22.2. The molecule has 2 aromatic rings. The molecule has 0 atom stereocenters. The molecule has 2 aromatic carbocycles. The van der Waals surface area contributed by atoms with E-state index in [0.717, 1.165) is 24.2 Å². The molecule has 0 radical (unpaired) electrons. The van der Waals surface area contributed by atoms with E-state index in [1.54, 1.807) is 0 Å². The summed E-state index contributed by atoms with van der Waals surface area (Å²) in [6, 6.07) is 15.4. The zero-order chi connectivity index (χ0) is 24.0. The van der Waals surface area contributed by atoms with Gasteiger partial charge in [0.1, 0.15) is 0 Å². The molecule has 1 saturated heterocycles. The molecule has 0 amide bonds. The van der Waals surface area contributed by atoms with E-state index in [9.17, 15) is 4.57 Å². The Bertz CT molecular complexity index is 1090. The second kappa shape index (κ2) is 8.82. The van der Waals surface area contributed by atoms with Gasteiger partial charge in [-0.25, -0.2) is 9.34 Å². The van der Waals surface area contributed by atoms with Crippen molar-refractivity contribution in [3.63, 3.8) is 0 Å². The quantitative estimate of drug-likeness (QED) is 0.348. The van der Waals surface area contributed by atoms with E-state index in [-0.39, 0.29) is 10.8 Å². The van der Waals surface area contributed by atoms with Crippen LogP contribution in [0.25, 0.3) is 11.6 Å². The second-order valence-electron chi connectivity index (χ2n) is 11.1. The fourth-order valence-corrected chi connectivity index (χ4v) is 6.95. The first-order valence-corrected chi connectivity index (χ1v) is 13.6. The molecule has 0 bridgehead atoms. The third-order valence-corrected chi connectivity index (χ3v) is 10.3. The van der Waals surface area contributed by atoms with Gasteiger partial charge in [-0.15, -0.1) is 0 Å². The maximum absolute atomic E-state index is 13.0. The van der Waals surface area contributed by atoms with Gasteiger partial charge < -0.3 is 4.52 Å². The molecule has 1 aliphatic carbocycles. The smallest absolute Gasteiger partial charge is 0.301 e. The van der Waals surface area contributed by atoms with Crippen LogP contribution in [-0.4, -0.2) is 36.5 Å². The Hall–Kier alpha value is -1.71. The maximum Gasteiger partial charge on any atom is 0.345 e. The molecule has 0 N–H and O–H groups in total. The topological polar surface area (TPSA) is 32.8 Å². The predicted octanol–water partition coefficient (Wildman–Crippen LogP) is 7.10. The summed E-state index contributed by atoms with van der Waals surface area (Å²) in [5.41, 5.74) is 8.20. The van der Waals surface area contributed by atoms with Crippen molar-refractivity contribution < 1.29 is 9.09 Å². The van der Waals surface area contributed by atoms with Crippen molar-refractivity contribution in [2.75, 3.05) is 27.2 Å². The maximum atomic E-state index is 13.0. The van der Waals surface area contributed by atoms with Crippen LogP contribution in [0.15, 0.2) is 42.5 Å². The zero-order valence-electron chi connectivity index (χ0n) is 21.3. The fourth-order valence-electron chi connectivity index (χ4n) is 5.04. The summed E-state index contributed by atoms with van der Waals surface area (Å²) >= 11 is 0. The highest BCUT2D eigenvalue weighted by molar-refractivity contribution is 7.54. The van der Waals surface area contributed by atoms with Gasteiger partial charge in [0.05, 0.1) is 6.61 Å². The van der Waals surface area contributed by atoms with Crippen LogP contribution in [0, 0.1) is 0 Å². The van der Waals surface area contributed by atoms with Crippen LogP contribution in [0.4, 0.5) is 0 Å². The van der Waals surface area contributed by atoms with Crippen LogP contribution >= 0.6 is 7.67 Å². The minimum absolute atomic E-state index is 0.214. The van der Waals surface area contributed by atoms with E-state index >= 15 is 0 Å². The Morgan fingerprint density at radius 3 is 2.12 bits per heavy atom. The SMILES string of the molecule is CC(=Cc1ccc(COP2(=O)N(C)CCN2C)cc1)c1ccc2c(c1)C(C)(C)CCC2(C)C. The first-order chi connectivity index (χ1) is 15.4. The number of rotatable bonds is 5. The predicted molar refractivity (Wildman–Crippen MR) is 139 cm³/mol. The van der Waals surface area contributed by atoms with E-state index in [4.69, 9.17) is 4.52 Å². The van der Waals surface area contributed by atoms with Gasteiger partial charge in [-0.3, -0.25) is 4.57 Å². The molecule has 4 rings (SSSR count). The van der Waals surface area contributed by atoms with Crippen LogP contribution in [0.1, 0.15) is 75.3 Å². The fraction of sp³-hybridized carbons (Fsp3) is 0.500. The lowest BCUT2D eigenvalue weighted by atomic mass is 9.63. The van der Waals surface area contributed by atoms with Crippen molar-refractivity contribution in [1.29, 1.82) is 0 Å². The Labute approximate surface area is 200 Å². The summed E-state index contributed by atoms with van der Waals surface area (Å²) in [6.07, 6.45) is 4.70. The molecule has 0 aromatic heterocycles.